The number of nitrogens with two attached hydrogens (primary N) is 1. The van der Waals surface area contributed by atoms with Crippen molar-refractivity contribution in [2.75, 3.05) is 25.1 Å². The van der Waals surface area contributed by atoms with Gasteiger partial charge >= 0.3 is 5.97 Å². The third kappa shape index (κ3) is 4.51. The van der Waals surface area contributed by atoms with Gasteiger partial charge in [-0.1, -0.05) is 18.2 Å². The monoisotopic (exact) mass is 514 g/mol. The summed E-state index contributed by atoms with van der Waals surface area (Å²) in [7, 11) is 1.31. The van der Waals surface area contributed by atoms with Gasteiger partial charge in [0.05, 0.1) is 29.8 Å². The van der Waals surface area contributed by atoms with Crippen molar-refractivity contribution in [1.29, 1.82) is 5.26 Å². The van der Waals surface area contributed by atoms with Gasteiger partial charge in [0.1, 0.15) is 23.5 Å². The number of phenols is 1. The molecular weight excluding hydrogens is 490 g/mol. The Labute approximate surface area is 217 Å². The highest BCUT2D eigenvalue weighted by Gasteiger charge is 2.34. The number of carbonyl (C=O) groups excluding carboxylic acids is 1. The first-order valence-corrected chi connectivity index (χ1v) is 12.0. The van der Waals surface area contributed by atoms with E-state index in [-0.39, 0.29) is 23.4 Å². The molecule has 2 atom stereocenters. The number of nitriles is 1. The molecular formula is C29H24F2N4O3. The number of carbonyl (C=O) groups is 1. The number of phenolic OH excluding ortho intramolecular Hbond substituents is 1. The summed E-state index contributed by atoms with van der Waals surface area (Å²) in [5.41, 5.74) is 9.44. The van der Waals surface area contributed by atoms with E-state index in [1.165, 1.54) is 25.3 Å². The van der Waals surface area contributed by atoms with Crippen molar-refractivity contribution in [2.45, 2.75) is 12.5 Å². The number of esters is 1. The first kappa shape index (κ1) is 25.1. The number of benzene rings is 3. The number of nitrogens with zero attached hydrogens (tertiary/aromatic N) is 3. The standard InChI is InChI=1S/C29H24F2N4O3/c1-38-29(37)24-15-35(8-7-25(24)33)27-22-11-16(21-4-2-3-17(13-32)28(21)36)5-6-26(22)34-14-23(27)18-9-19(30)12-20(31)10-18/h2-6,9-12,14,24-25,36H,7-8,15,33H2,1H3/t24-,25-/m1/s1. The molecule has 4 aromatic rings. The van der Waals surface area contributed by atoms with Crippen LogP contribution in [0.25, 0.3) is 33.2 Å². The zero-order valence-electron chi connectivity index (χ0n) is 20.5. The summed E-state index contributed by atoms with van der Waals surface area (Å²) >= 11 is 0. The number of rotatable bonds is 4. The number of ether oxygens (including phenoxy) is 1. The van der Waals surface area contributed by atoms with Crippen LogP contribution in [0.15, 0.2) is 60.8 Å². The van der Waals surface area contributed by atoms with E-state index in [1.54, 1.807) is 30.5 Å². The summed E-state index contributed by atoms with van der Waals surface area (Å²) in [5, 5.41) is 20.7. The zero-order valence-corrected chi connectivity index (χ0v) is 20.5. The molecule has 0 saturated carbocycles. The number of pyridine rings is 1. The Bertz CT molecular complexity index is 1580. The van der Waals surface area contributed by atoms with Gasteiger partial charge in [-0.3, -0.25) is 9.78 Å². The van der Waals surface area contributed by atoms with Crippen LogP contribution in [0, 0.1) is 28.9 Å². The molecule has 38 heavy (non-hydrogen) atoms. The first-order chi connectivity index (χ1) is 18.3. The first-order valence-electron chi connectivity index (χ1n) is 12.0. The molecule has 0 radical (unpaired) electrons. The van der Waals surface area contributed by atoms with Gasteiger partial charge in [-0.2, -0.15) is 5.26 Å². The van der Waals surface area contributed by atoms with Gasteiger partial charge in [0, 0.05) is 47.9 Å². The van der Waals surface area contributed by atoms with Gasteiger partial charge in [-0.15, -0.1) is 0 Å². The minimum Gasteiger partial charge on any atom is -0.506 e. The number of halogens is 2. The Morgan fingerprint density at radius 3 is 2.61 bits per heavy atom. The Morgan fingerprint density at radius 2 is 1.89 bits per heavy atom. The molecule has 2 heterocycles. The lowest BCUT2D eigenvalue weighted by atomic mass is 9.90. The van der Waals surface area contributed by atoms with Crippen LogP contribution in [0.3, 0.4) is 0 Å². The van der Waals surface area contributed by atoms with Crippen LogP contribution in [0.5, 0.6) is 5.75 Å². The number of hydrogen-bond acceptors (Lipinski definition) is 7. The van der Waals surface area contributed by atoms with E-state index in [9.17, 15) is 23.9 Å². The molecule has 0 spiro atoms. The molecule has 192 valence electrons. The second-order valence-electron chi connectivity index (χ2n) is 9.25. The summed E-state index contributed by atoms with van der Waals surface area (Å²) in [6.45, 7) is 0.717. The van der Waals surface area contributed by atoms with Gasteiger partial charge in [-0.05, 0) is 47.9 Å². The molecule has 7 nitrogen and oxygen atoms in total. The van der Waals surface area contributed by atoms with Crippen LogP contribution < -0.4 is 10.6 Å². The average molecular weight is 515 g/mol. The lowest BCUT2D eigenvalue weighted by Crippen LogP contribution is -2.50. The molecule has 1 fully saturated rings. The van der Waals surface area contributed by atoms with Gasteiger partial charge in [0.2, 0.25) is 0 Å². The third-order valence-corrected chi connectivity index (χ3v) is 6.97. The van der Waals surface area contributed by atoms with Gasteiger partial charge in [0.15, 0.2) is 0 Å². The zero-order chi connectivity index (χ0) is 27.0. The van der Waals surface area contributed by atoms with Gasteiger partial charge in [-0.25, -0.2) is 8.78 Å². The summed E-state index contributed by atoms with van der Waals surface area (Å²) in [6, 6.07) is 15.1. The predicted octanol–water partition coefficient (Wildman–Crippen LogP) is 4.75. The minimum absolute atomic E-state index is 0.135. The minimum atomic E-state index is -0.730. The highest BCUT2D eigenvalue weighted by molar-refractivity contribution is 6.02. The summed E-state index contributed by atoms with van der Waals surface area (Å²) in [6.07, 6.45) is 2.05. The van der Waals surface area contributed by atoms with Crippen molar-refractivity contribution >= 4 is 22.6 Å². The number of aromatic nitrogens is 1. The van der Waals surface area contributed by atoms with E-state index >= 15 is 0 Å². The molecule has 0 bridgehead atoms. The fourth-order valence-corrected chi connectivity index (χ4v) is 5.05. The number of piperidine rings is 1. The van der Waals surface area contributed by atoms with Crippen molar-refractivity contribution in [1.82, 2.24) is 4.98 Å². The normalized spacial score (nSPS) is 17.3. The Balaban J connectivity index is 1.76. The van der Waals surface area contributed by atoms with Gasteiger partial charge in [0.25, 0.3) is 0 Å². The smallest absolute Gasteiger partial charge is 0.312 e. The number of fused-ring (bicyclic) bond motifs is 1. The van der Waals surface area contributed by atoms with Crippen LogP contribution in [0.1, 0.15) is 12.0 Å². The van der Waals surface area contributed by atoms with Crippen LogP contribution in [0.2, 0.25) is 0 Å². The van der Waals surface area contributed by atoms with Crippen LogP contribution in [-0.2, 0) is 9.53 Å². The van der Waals surface area contributed by atoms with E-state index in [0.29, 0.717) is 46.2 Å². The molecule has 3 N–H and O–H groups in total. The van der Waals surface area contributed by atoms with E-state index in [4.69, 9.17) is 10.5 Å². The molecule has 3 aromatic carbocycles. The largest absolute Gasteiger partial charge is 0.506 e. The molecule has 1 aromatic heterocycles. The lowest BCUT2D eigenvalue weighted by molar-refractivity contribution is -0.146. The number of methoxy groups -OCH3 is 1. The molecule has 0 aliphatic carbocycles. The maximum atomic E-state index is 14.3. The number of para-hydroxylation sites is 1. The van der Waals surface area contributed by atoms with Crippen molar-refractivity contribution in [3.63, 3.8) is 0 Å². The Morgan fingerprint density at radius 1 is 1.13 bits per heavy atom. The van der Waals surface area contributed by atoms with E-state index in [1.807, 2.05) is 17.0 Å². The third-order valence-electron chi connectivity index (χ3n) is 6.97. The highest BCUT2D eigenvalue weighted by atomic mass is 19.1. The fraction of sp³-hybridized carbons (Fsp3) is 0.207. The number of hydrogen-bond donors (Lipinski definition) is 2. The predicted molar refractivity (Wildman–Crippen MR) is 139 cm³/mol. The highest BCUT2D eigenvalue weighted by Crippen LogP contribution is 2.41. The van der Waals surface area contributed by atoms with Crippen molar-refractivity contribution in [2.24, 2.45) is 11.7 Å². The van der Waals surface area contributed by atoms with Crippen LogP contribution >= 0.6 is 0 Å². The van der Waals surface area contributed by atoms with Crippen molar-refractivity contribution < 1.29 is 23.4 Å². The Kier molecular flexibility index (Phi) is 6.66. The topological polar surface area (TPSA) is 112 Å². The summed E-state index contributed by atoms with van der Waals surface area (Å²) < 4.78 is 33.5. The average Bonchev–Trinajstić information content (AvgIpc) is 2.91. The van der Waals surface area contributed by atoms with Crippen LogP contribution in [-0.4, -0.2) is 42.3 Å². The molecule has 5 rings (SSSR count). The van der Waals surface area contributed by atoms with Crippen molar-refractivity contribution in [3.8, 4) is 34.1 Å². The molecule has 1 aliphatic heterocycles. The fourth-order valence-electron chi connectivity index (χ4n) is 5.05. The molecule has 1 saturated heterocycles. The molecule has 9 heteroatoms. The SMILES string of the molecule is COC(=O)[C@@H]1CN(c2c(-c3cc(F)cc(F)c3)cnc3ccc(-c4cccc(C#N)c4O)cc23)CC[C@H]1N. The number of anilines is 1. The maximum Gasteiger partial charge on any atom is 0.312 e. The van der Waals surface area contributed by atoms with E-state index in [0.717, 1.165) is 6.07 Å². The summed E-state index contributed by atoms with van der Waals surface area (Å²) in [5.74, 6) is -2.65. The maximum absolute atomic E-state index is 14.3. The molecule has 1 aliphatic rings. The quantitative estimate of drug-likeness (QED) is 0.378. The second kappa shape index (κ2) is 10.1. The van der Waals surface area contributed by atoms with E-state index in [2.05, 4.69) is 4.98 Å². The molecule has 0 amide bonds. The second-order valence-corrected chi connectivity index (χ2v) is 9.25. The van der Waals surface area contributed by atoms with Crippen LogP contribution in [0.4, 0.5) is 14.5 Å². The number of aromatic hydroxyl groups is 1. The van der Waals surface area contributed by atoms with E-state index < -0.39 is 29.6 Å². The summed E-state index contributed by atoms with van der Waals surface area (Å²) in [4.78, 5) is 19.0. The van der Waals surface area contributed by atoms with Gasteiger partial charge < -0.3 is 20.5 Å². The van der Waals surface area contributed by atoms with Crippen molar-refractivity contribution in [3.05, 3.63) is 78.0 Å². The molecule has 0 unspecified atom stereocenters. The lowest BCUT2D eigenvalue weighted by Gasteiger charge is -2.38. The Hall–Kier alpha value is -4.55.